The van der Waals surface area contributed by atoms with Gasteiger partial charge in [0.25, 0.3) is 5.91 Å². The van der Waals surface area contributed by atoms with Gasteiger partial charge in [0, 0.05) is 5.69 Å². The Labute approximate surface area is 168 Å². The minimum absolute atomic E-state index is 0.348. The predicted molar refractivity (Wildman–Crippen MR) is 110 cm³/mol. The molecule has 0 saturated heterocycles. The fraction of sp³-hybridized carbons (Fsp3) is 0.130. The van der Waals surface area contributed by atoms with Crippen LogP contribution in [0.4, 0.5) is 10.1 Å². The third-order valence-corrected chi connectivity index (χ3v) is 4.01. The van der Waals surface area contributed by atoms with Crippen LogP contribution < -0.4 is 10.1 Å². The van der Waals surface area contributed by atoms with Gasteiger partial charge in [-0.1, -0.05) is 47.6 Å². The van der Waals surface area contributed by atoms with E-state index in [4.69, 9.17) is 9.57 Å². The molecule has 148 valence electrons. The molecule has 5 nitrogen and oxygen atoms in total. The lowest BCUT2D eigenvalue weighted by Crippen LogP contribution is -2.26. The number of oxime groups is 1. The van der Waals surface area contributed by atoms with Gasteiger partial charge in [-0.3, -0.25) is 4.79 Å². The second kappa shape index (κ2) is 10.0. The molecule has 0 aliphatic carbocycles. The van der Waals surface area contributed by atoms with Gasteiger partial charge in [-0.2, -0.15) is 0 Å². The minimum Gasteiger partial charge on any atom is -0.489 e. The molecule has 1 amide bonds. The monoisotopic (exact) mass is 392 g/mol. The number of ether oxygens (including phenoxy) is 1. The summed E-state index contributed by atoms with van der Waals surface area (Å²) in [4.78, 5) is 17.3. The summed E-state index contributed by atoms with van der Waals surface area (Å²) in [5, 5.41) is 6.49. The van der Waals surface area contributed by atoms with Gasteiger partial charge in [-0.05, 0) is 54.4 Å². The van der Waals surface area contributed by atoms with Gasteiger partial charge in [-0.15, -0.1) is 0 Å². The smallest absolute Gasteiger partial charge is 0.267 e. The quantitative estimate of drug-likeness (QED) is 0.443. The highest BCUT2D eigenvalue weighted by molar-refractivity contribution is 5.94. The highest BCUT2D eigenvalue weighted by Crippen LogP contribution is 2.17. The molecule has 0 bridgehead atoms. The molecule has 1 atom stereocenters. The first-order valence-electron chi connectivity index (χ1n) is 9.12. The molecule has 0 saturated carbocycles. The zero-order chi connectivity index (χ0) is 20.5. The maximum atomic E-state index is 13.1. The van der Waals surface area contributed by atoms with Crippen molar-refractivity contribution in [3.63, 3.8) is 0 Å². The topological polar surface area (TPSA) is 59.9 Å². The van der Waals surface area contributed by atoms with E-state index in [9.17, 15) is 9.18 Å². The first-order chi connectivity index (χ1) is 14.1. The number of hydrogen-bond acceptors (Lipinski definition) is 4. The second-order valence-corrected chi connectivity index (χ2v) is 6.33. The van der Waals surface area contributed by atoms with E-state index in [1.807, 2.05) is 30.3 Å². The Hall–Kier alpha value is -3.67. The maximum absolute atomic E-state index is 13.1. The molecule has 1 N–H and O–H groups in total. The number of carbonyl (C=O) groups excluding carboxylic acids is 1. The van der Waals surface area contributed by atoms with E-state index in [0.717, 1.165) is 5.56 Å². The molecule has 0 unspecified atom stereocenters. The van der Waals surface area contributed by atoms with Crippen molar-refractivity contribution >= 4 is 17.8 Å². The number of halogens is 1. The van der Waals surface area contributed by atoms with E-state index in [0.29, 0.717) is 23.6 Å². The van der Waals surface area contributed by atoms with Crippen LogP contribution in [0.1, 0.15) is 18.1 Å². The van der Waals surface area contributed by atoms with Crippen molar-refractivity contribution < 1.29 is 18.8 Å². The number of benzene rings is 3. The number of nitrogens with one attached hydrogen (secondary N) is 1. The summed E-state index contributed by atoms with van der Waals surface area (Å²) >= 11 is 0. The average molecular weight is 392 g/mol. The van der Waals surface area contributed by atoms with Crippen LogP contribution in [0.25, 0.3) is 0 Å². The fourth-order valence-electron chi connectivity index (χ4n) is 2.44. The number of hydrogen-bond donors (Lipinski definition) is 1. The van der Waals surface area contributed by atoms with Gasteiger partial charge in [0.15, 0.2) is 0 Å². The molecule has 29 heavy (non-hydrogen) atoms. The average Bonchev–Trinajstić information content (AvgIpc) is 2.74. The van der Waals surface area contributed by atoms with E-state index in [1.165, 1.54) is 18.3 Å². The van der Waals surface area contributed by atoms with E-state index in [2.05, 4.69) is 10.5 Å². The third-order valence-electron chi connectivity index (χ3n) is 4.01. The Kier molecular flexibility index (Phi) is 6.95. The zero-order valence-corrected chi connectivity index (χ0v) is 15.9. The SMILES string of the molecule is C[C@@H](O/N=C\c1cccc(F)c1)C(=O)Nc1ccc(OCc2ccccc2)cc1. The van der Waals surface area contributed by atoms with Gasteiger partial charge >= 0.3 is 0 Å². The zero-order valence-electron chi connectivity index (χ0n) is 15.9. The van der Waals surface area contributed by atoms with Gasteiger partial charge in [0.1, 0.15) is 18.2 Å². The molecule has 0 radical (unpaired) electrons. The summed E-state index contributed by atoms with van der Waals surface area (Å²) in [5.74, 6) is -0.00822. The second-order valence-electron chi connectivity index (χ2n) is 6.33. The van der Waals surface area contributed by atoms with E-state index in [-0.39, 0.29) is 11.7 Å². The first-order valence-corrected chi connectivity index (χ1v) is 9.12. The summed E-state index contributed by atoms with van der Waals surface area (Å²) in [6, 6.07) is 22.8. The third kappa shape index (κ3) is 6.46. The van der Waals surface area contributed by atoms with Crippen molar-refractivity contribution in [1.82, 2.24) is 0 Å². The Balaban J connectivity index is 1.46. The van der Waals surface area contributed by atoms with E-state index in [1.54, 1.807) is 43.3 Å². The number of anilines is 1. The molecule has 6 heteroatoms. The molecule has 0 heterocycles. The van der Waals surface area contributed by atoms with Gasteiger partial charge in [0.05, 0.1) is 6.21 Å². The summed E-state index contributed by atoms with van der Waals surface area (Å²) in [5.41, 5.74) is 2.24. The lowest BCUT2D eigenvalue weighted by Gasteiger charge is -2.11. The maximum Gasteiger partial charge on any atom is 0.267 e. The standard InChI is InChI=1S/C23H21FN2O3/c1-17(29-25-15-19-8-5-9-20(24)14-19)23(27)26-21-10-12-22(13-11-21)28-16-18-6-3-2-4-7-18/h2-15,17H,16H2,1H3,(H,26,27)/b25-15-/t17-/m1/s1. The number of nitrogens with zero attached hydrogens (tertiary/aromatic N) is 1. The van der Waals surface area contributed by atoms with Crippen LogP contribution in [0.2, 0.25) is 0 Å². The van der Waals surface area contributed by atoms with E-state index < -0.39 is 6.10 Å². The van der Waals surface area contributed by atoms with Crippen molar-refractivity contribution in [2.75, 3.05) is 5.32 Å². The van der Waals surface area contributed by atoms with Crippen molar-refractivity contribution in [2.24, 2.45) is 5.16 Å². The van der Waals surface area contributed by atoms with Gasteiger partial charge in [0.2, 0.25) is 6.10 Å². The molecule has 3 rings (SSSR count). The summed E-state index contributed by atoms with van der Waals surface area (Å²) < 4.78 is 18.8. The predicted octanol–water partition coefficient (Wildman–Crippen LogP) is 4.78. The Morgan fingerprint density at radius 2 is 1.83 bits per heavy atom. The molecule has 0 fully saturated rings. The lowest BCUT2D eigenvalue weighted by molar-refractivity contribution is -0.126. The Morgan fingerprint density at radius 1 is 1.07 bits per heavy atom. The van der Waals surface area contributed by atoms with Crippen LogP contribution in [0.15, 0.2) is 84.0 Å². The van der Waals surface area contributed by atoms with Crippen molar-refractivity contribution in [3.8, 4) is 5.75 Å². The summed E-state index contributed by atoms with van der Waals surface area (Å²) in [6.07, 6.45) is 0.542. The van der Waals surface area contributed by atoms with E-state index >= 15 is 0 Å². The molecule has 3 aromatic rings. The van der Waals surface area contributed by atoms with Crippen molar-refractivity contribution in [2.45, 2.75) is 19.6 Å². The molecular weight excluding hydrogens is 371 g/mol. The lowest BCUT2D eigenvalue weighted by atomic mass is 10.2. The number of rotatable bonds is 8. The van der Waals surface area contributed by atoms with Crippen LogP contribution in [-0.4, -0.2) is 18.2 Å². The summed E-state index contributed by atoms with van der Waals surface area (Å²) in [6.45, 7) is 2.05. The highest BCUT2D eigenvalue weighted by Gasteiger charge is 2.14. The Bertz CT molecular complexity index is 959. The van der Waals surface area contributed by atoms with Crippen molar-refractivity contribution in [1.29, 1.82) is 0 Å². The van der Waals surface area contributed by atoms with Crippen LogP contribution in [0.5, 0.6) is 5.75 Å². The molecule has 0 spiro atoms. The Morgan fingerprint density at radius 3 is 2.55 bits per heavy atom. The van der Waals surface area contributed by atoms with Gasteiger partial charge < -0.3 is 14.9 Å². The van der Waals surface area contributed by atoms with Gasteiger partial charge in [-0.25, -0.2) is 4.39 Å². The van der Waals surface area contributed by atoms with Crippen LogP contribution >= 0.6 is 0 Å². The van der Waals surface area contributed by atoms with Crippen LogP contribution in [-0.2, 0) is 16.2 Å². The molecule has 3 aromatic carbocycles. The summed E-state index contributed by atoms with van der Waals surface area (Å²) in [7, 11) is 0. The minimum atomic E-state index is -0.811. The largest absolute Gasteiger partial charge is 0.489 e. The highest BCUT2D eigenvalue weighted by atomic mass is 19.1. The normalized spacial score (nSPS) is 11.8. The van der Waals surface area contributed by atoms with Crippen molar-refractivity contribution in [3.05, 3.63) is 95.8 Å². The molecule has 0 aromatic heterocycles. The molecular formula is C23H21FN2O3. The van der Waals surface area contributed by atoms with Crippen LogP contribution in [0, 0.1) is 5.82 Å². The number of carbonyl (C=O) groups is 1. The number of amides is 1. The fourth-order valence-corrected chi connectivity index (χ4v) is 2.44. The molecule has 0 aliphatic heterocycles. The first kappa shape index (κ1) is 20.1. The van der Waals surface area contributed by atoms with Crippen LogP contribution in [0.3, 0.4) is 0 Å². The molecule has 0 aliphatic rings.